The molecule has 1 unspecified atom stereocenters. The number of fused-ring (bicyclic) bond motifs is 1. The summed E-state index contributed by atoms with van der Waals surface area (Å²) in [7, 11) is 0. The quantitative estimate of drug-likeness (QED) is 0.392. The number of thioether (sulfide) groups is 1. The molecule has 0 bridgehead atoms. The Morgan fingerprint density at radius 1 is 1.06 bits per heavy atom. The molecule has 1 aliphatic rings. The van der Waals surface area contributed by atoms with Crippen LogP contribution in [0.3, 0.4) is 0 Å². The van der Waals surface area contributed by atoms with E-state index in [1.54, 1.807) is 0 Å². The van der Waals surface area contributed by atoms with E-state index in [9.17, 15) is 4.79 Å². The van der Waals surface area contributed by atoms with Crippen LogP contribution >= 0.6 is 11.8 Å². The first-order valence-electron chi connectivity index (χ1n) is 11.4. The zero-order valence-electron chi connectivity index (χ0n) is 18.6. The maximum atomic E-state index is 12.7. The molecule has 0 spiro atoms. The van der Waals surface area contributed by atoms with Crippen LogP contribution in [0.25, 0.3) is 16.7 Å². The summed E-state index contributed by atoms with van der Waals surface area (Å²) >= 11 is 1.40. The van der Waals surface area contributed by atoms with Crippen LogP contribution in [0.4, 0.5) is 5.95 Å². The van der Waals surface area contributed by atoms with Crippen molar-refractivity contribution < 1.29 is 9.21 Å². The molecule has 1 fully saturated rings. The average molecular weight is 462 g/mol. The SMILES string of the molecule is CC(NC(=O)CSc1nnc(N2CCCCC2)n1-c1ccccc1)c1cc2ccccc2o1. The minimum absolute atomic E-state index is 0.0740. The average Bonchev–Trinajstić information content (AvgIpc) is 3.48. The second-order valence-electron chi connectivity index (χ2n) is 8.27. The topological polar surface area (TPSA) is 76.2 Å². The van der Waals surface area contributed by atoms with Crippen LogP contribution in [0.5, 0.6) is 0 Å². The zero-order valence-corrected chi connectivity index (χ0v) is 19.4. The Labute approximate surface area is 197 Å². The molecule has 1 aliphatic heterocycles. The molecule has 0 radical (unpaired) electrons. The summed E-state index contributed by atoms with van der Waals surface area (Å²) in [6, 6.07) is 19.7. The number of piperidine rings is 1. The number of para-hydroxylation sites is 2. The monoisotopic (exact) mass is 461 g/mol. The summed E-state index contributed by atoms with van der Waals surface area (Å²) in [5.74, 6) is 1.76. The van der Waals surface area contributed by atoms with Crippen molar-refractivity contribution in [2.75, 3.05) is 23.7 Å². The number of furan rings is 1. The molecule has 0 aliphatic carbocycles. The van der Waals surface area contributed by atoms with Gasteiger partial charge in [-0.25, -0.2) is 0 Å². The first kappa shape index (κ1) is 21.6. The van der Waals surface area contributed by atoms with E-state index in [2.05, 4.69) is 25.0 Å². The number of nitrogens with one attached hydrogen (secondary N) is 1. The minimum Gasteiger partial charge on any atom is -0.459 e. The van der Waals surface area contributed by atoms with Crippen LogP contribution in [0.15, 0.2) is 70.2 Å². The van der Waals surface area contributed by atoms with E-state index in [0.29, 0.717) is 5.16 Å². The van der Waals surface area contributed by atoms with E-state index < -0.39 is 0 Å². The Morgan fingerprint density at radius 3 is 2.61 bits per heavy atom. The molecule has 1 N–H and O–H groups in total. The van der Waals surface area contributed by atoms with Gasteiger partial charge in [0.15, 0.2) is 5.16 Å². The number of aromatic nitrogens is 3. The molecule has 8 heteroatoms. The summed E-state index contributed by atoms with van der Waals surface area (Å²) < 4.78 is 7.95. The number of carbonyl (C=O) groups is 1. The van der Waals surface area contributed by atoms with Gasteiger partial charge in [0.1, 0.15) is 11.3 Å². The predicted octanol–water partition coefficient (Wildman–Crippen LogP) is 4.97. The highest BCUT2D eigenvalue weighted by atomic mass is 32.2. The van der Waals surface area contributed by atoms with Gasteiger partial charge in [-0.1, -0.05) is 48.2 Å². The molecule has 2 aromatic heterocycles. The van der Waals surface area contributed by atoms with E-state index >= 15 is 0 Å². The molecular formula is C25H27N5O2S. The van der Waals surface area contributed by atoms with E-state index in [-0.39, 0.29) is 17.7 Å². The number of carbonyl (C=O) groups excluding carboxylic acids is 1. The van der Waals surface area contributed by atoms with Gasteiger partial charge >= 0.3 is 0 Å². The Hall–Kier alpha value is -3.26. The van der Waals surface area contributed by atoms with Gasteiger partial charge in [0, 0.05) is 18.5 Å². The fourth-order valence-corrected chi connectivity index (χ4v) is 4.92. The van der Waals surface area contributed by atoms with Crippen LogP contribution in [-0.4, -0.2) is 39.5 Å². The van der Waals surface area contributed by atoms with Crippen molar-refractivity contribution in [1.82, 2.24) is 20.1 Å². The maximum absolute atomic E-state index is 12.7. The van der Waals surface area contributed by atoms with Crippen molar-refractivity contribution in [2.45, 2.75) is 37.4 Å². The van der Waals surface area contributed by atoms with Gasteiger partial charge in [0.05, 0.1) is 17.5 Å². The third-order valence-electron chi connectivity index (χ3n) is 5.85. The summed E-state index contributed by atoms with van der Waals surface area (Å²) in [6.45, 7) is 3.89. The van der Waals surface area contributed by atoms with Crippen LogP contribution in [-0.2, 0) is 4.79 Å². The Kier molecular flexibility index (Phi) is 6.35. The van der Waals surface area contributed by atoms with Crippen molar-refractivity contribution in [3.63, 3.8) is 0 Å². The highest BCUT2D eigenvalue weighted by Crippen LogP contribution is 2.29. The van der Waals surface area contributed by atoms with Gasteiger partial charge in [-0.2, -0.15) is 0 Å². The van der Waals surface area contributed by atoms with Crippen molar-refractivity contribution in [2.24, 2.45) is 0 Å². The van der Waals surface area contributed by atoms with Gasteiger partial charge in [0.2, 0.25) is 11.9 Å². The molecule has 1 amide bonds. The number of rotatable bonds is 7. The third kappa shape index (κ3) is 4.75. The van der Waals surface area contributed by atoms with E-state index in [0.717, 1.165) is 54.3 Å². The van der Waals surface area contributed by atoms with Crippen molar-refractivity contribution in [3.05, 3.63) is 66.4 Å². The molecule has 1 saturated heterocycles. The highest BCUT2D eigenvalue weighted by Gasteiger charge is 2.22. The molecule has 1 atom stereocenters. The lowest BCUT2D eigenvalue weighted by atomic mass is 10.1. The Bertz CT molecular complexity index is 1200. The molecular weight excluding hydrogens is 434 g/mol. The summed E-state index contributed by atoms with van der Waals surface area (Å²) in [4.78, 5) is 15.0. The largest absolute Gasteiger partial charge is 0.459 e. The number of amides is 1. The molecule has 170 valence electrons. The lowest BCUT2D eigenvalue weighted by molar-refractivity contribution is -0.119. The van der Waals surface area contributed by atoms with Crippen LogP contribution in [0.1, 0.15) is 38.0 Å². The van der Waals surface area contributed by atoms with Crippen molar-refractivity contribution in [3.8, 4) is 5.69 Å². The van der Waals surface area contributed by atoms with Crippen molar-refractivity contribution in [1.29, 1.82) is 0 Å². The smallest absolute Gasteiger partial charge is 0.232 e. The molecule has 7 nitrogen and oxygen atoms in total. The highest BCUT2D eigenvalue weighted by molar-refractivity contribution is 7.99. The maximum Gasteiger partial charge on any atom is 0.232 e. The number of benzene rings is 2. The second-order valence-corrected chi connectivity index (χ2v) is 9.21. The molecule has 5 rings (SSSR count). The fourth-order valence-electron chi connectivity index (χ4n) is 4.16. The number of nitrogens with zero attached hydrogens (tertiary/aromatic N) is 4. The minimum atomic E-state index is -0.221. The predicted molar refractivity (Wildman–Crippen MR) is 131 cm³/mol. The molecule has 4 aromatic rings. The fraction of sp³-hybridized carbons (Fsp3) is 0.320. The molecule has 0 saturated carbocycles. The summed E-state index contributed by atoms with van der Waals surface area (Å²) in [5.41, 5.74) is 1.82. The standard InChI is InChI=1S/C25H27N5O2S/c1-18(22-16-19-10-6-7-13-21(19)32-22)26-23(31)17-33-25-28-27-24(29-14-8-3-9-15-29)30(25)20-11-4-2-5-12-20/h2,4-7,10-13,16,18H,3,8-9,14-15,17H2,1H3,(H,26,31). The van der Waals surface area contributed by atoms with Crippen LogP contribution in [0.2, 0.25) is 0 Å². The van der Waals surface area contributed by atoms with E-state index in [1.165, 1.54) is 18.2 Å². The molecule has 3 heterocycles. The van der Waals surface area contributed by atoms with Gasteiger partial charge < -0.3 is 14.6 Å². The normalized spacial score (nSPS) is 15.0. The molecule has 33 heavy (non-hydrogen) atoms. The number of hydrogen-bond acceptors (Lipinski definition) is 6. The van der Waals surface area contributed by atoms with Crippen LogP contribution < -0.4 is 10.2 Å². The lowest BCUT2D eigenvalue weighted by Crippen LogP contribution is -2.31. The number of anilines is 1. The third-order valence-corrected chi connectivity index (χ3v) is 6.78. The summed E-state index contributed by atoms with van der Waals surface area (Å²) in [5, 5.41) is 13.7. The second kappa shape index (κ2) is 9.70. The Balaban J connectivity index is 1.29. The van der Waals surface area contributed by atoms with E-state index in [4.69, 9.17) is 4.42 Å². The summed E-state index contributed by atoms with van der Waals surface area (Å²) in [6.07, 6.45) is 3.57. The van der Waals surface area contributed by atoms with Gasteiger partial charge in [0.25, 0.3) is 0 Å². The zero-order chi connectivity index (χ0) is 22.6. The Morgan fingerprint density at radius 2 is 1.82 bits per heavy atom. The first-order chi connectivity index (χ1) is 16.2. The van der Waals surface area contributed by atoms with E-state index in [1.807, 2.05) is 67.6 Å². The van der Waals surface area contributed by atoms with Gasteiger partial charge in [-0.15, -0.1) is 10.2 Å². The molecule has 2 aromatic carbocycles. The number of hydrogen-bond donors (Lipinski definition) is 1. The van der Waals surface area contributed by atoms with Gasteiger partial charge in [-0.3, -0.25) is 9.36 Å². The lowest BCUT2D eigenvalue weighted by Gasteiger charge is -2.27. The van der Waals surface area contributed by atoms with Crippen LogP contribution in [0, 0.1) is 0 Å². The van der Waals surface area contributed by atoms with Crippen molar-refractivity contribution >= 4 is 34.6 Å². The first-order valence-corrected chi connectivity index (χ1v) is 12.3. The van der Waals surface area contributed by atoms with Gasteiger partial charge in [-0.05, 0) is 50.5 Å².